The third-order valence-electron chi connectivity index (χ3n) is 1.96. The Labute approximate surface area is 106 Å². The van der Waals surface area contributed by atoms with E-state index in [4.69, 9.17) is 18.0 Å². The Morgan fingerprint density at radius 3 is 2.61 bits per heavy atom. The number of anilines is 1. The molecule has 1 amide bonds. The Morgan fingerprint density at radius 2 is 2.11 bits per heavy atom. The van der Waals surface area contributed by atoms with Gasteiger partial charge in [-0.3, -0.25) is 0 Å². The van der Waals surface area contributed by atoms with E-state index in [9.17, 15) is 8.53 Å². The van der Waals surface area contributed by atoms with Crippen LogP contribution in [0.1, 0.15) is 6.92 Å². The number of benzene rings is 1. The normalized spacial score (nSPS) is 11.1. The average molecular weight is 319 g/mol. The number of ether oxygens (including phenoxy) is 1. The fourth-order valence-electron chi connectivity index (χ4n) is 1.27. The van der Waals surface area contributed by atoms with Crippen LogP contribution in [0.25, 0.3) is 0 Å². The molecule has 0 spiro atoms. The number of nitrogens with one attached hydrogen (secondary N) is 1. The minimum absolute atomic E-state index is 0.0207. The summed E-state index contributed by atoms with van der Waals surface area (Å²) in [7, 11) is 0. The summed E-state index contributed by atoms with van der Waals surface area (Å²) in [6.45, 7) is 1.08. The zero-order valence-electron chi connectivity index (χ0n) is 9.66. The number of amides is 1. The molecule has 8 heteroatoms. The Hall–Kier alpha value is -1.27. The molecule has 0 aliphatic carbocycles. The van der Waals surface area contributed by atoms with Gasteiger partial charge in [0.15, 0.2) is 0 Å². The monoisotopic (exact) mass is 319 g/mol. The van der Waals surface area contributed by atoms with Crippen LogP contribution in [0.3, 0.4) is 0 Å². The SMILES string of the molecule is CC(=O)Nc1cc([As](=O)(O)O)ccc1OCCO. The van der Waals surface area contributed by atoms with Crippen LogP contribution in [0, 0.1) is 0 Å². The zero-order valence-corrected chi connectivity index (χ0v) is 11.5. The van der Waals surface area contributed by atoms with Crippen molar-refractivity contribution in [2.45, 2.75) is 6.92 Å². The number of carbonyl (C=O) groups excluding carboxylic acids is 1. The second-order valence-corrected chi connectivity index (χ2v) is 6.84. The number of carbonyl (C=O) groups is 1. The molecule has 18 heavy (non-hydrogen) atoms. The van der Waals surface area contributed by atoms with Gasteiger partial charge in [0, 0.05) is 0 Å². The predicted octanol–water partition coefficient (Wildman–Crippen LogP) is -1.42. The standard InChI is InChI=1S/C10H14AsNO6/c1-7(14)12-9-6-8(11(15,16)17)2-3-10(9)18-5-4-13/h2-3,6,13H,4-5H2,1H3,(H,12,14)(H2,15,16,17). The van der Waals surface area contributed by atoms with Crippen molar-refractivity contribution in [1.82, 2.24) is 0 Å². The summed E-state index contributed by atoms with van der Waals surface area (Å²) < 4.78 is 34.3. The van der Waals surface area contributed by atoms with Crippen LogP contribution in [0.15, 0.2) is 18.2 Å². The van der Waals surface area contributed by atoms with Crippen molar-refractivity contribution >= 4 is 30.1 Å². The van der Waals surface area contributed by atoms with E-state index in [1.165, 1.54) is 25.1 Å². The quantitative estimate of drug-likeness (QED) is 0.495. The summed E-state index contributed by atoms with van der Waals surface area (Å²) in [5, 5.41) is 11.1. The summed E-state index contributed by atoms with van der Waals surface area (Å²) in [4.78, 5) is 11.0. The Morgan fingerprint density at radius 1 is 1.44 bits per heavy atom. The first-order chi connectivity index (χ1) is 8.34. The van der Waals surface area contributed by atoms with Crippen molar-refractivity contribution in [2.24, 2.45) is 0 Å². The molecule has 7 nitrogen and oxygen atoms in total. The fourth-order valence-corrected chi connectivity index (χ4v) is 2.46. The average Bonchev–Trinajstić information content (AvgIpc) is 2.25. The van der Waals surface area contributed by atoms with Crippen LogP contribution >= 0.6 is 0 Å². The van der Waals surface area contributed by atoms with Gasteiger partial charge in [0.05, 0.1) is 0 Å². The summed E-state index contributed by atoms with van der Waals surface area (Å²) >= 11 is -5.02. The van der Waals surface area contributed by atoms with Crippen molar-refractivity contribution < 1.29 is 26.6 Å². The first-order valence-electron chi connectivity index (χ1n) is 5.06. The van der Waals surface area contributed by atoms with Gasteiger partial charge in [-0.1, -0.05) is 0 Å². The molecule has 1 rings (SSSR count). The van der Waals surface area contributed by atoms with Crippen LogP contribution < -0.4 is 14.4 Å². The molecule has 0 aliphatic rings. The summed E-state index contributed by atoms with van der Waals surface area (Å²) in [6, 6.07) is 3.75. The van der Waals surface area contributed by atoms with E-state index in [-0.39, 0.29) is 34.9 Å². The van der Waals surface area contributed by atoms with Gasteiger partial charge in [0.25, 0.3) is 0 Å². The number of hydrogen-bond acceptors (Lipinski definition) is 4. The van der Waals surface area contributed by atoms with Crippen molar-refractivity contribution in [3.63, 3.8) is 0 Å². The van der Waals surface area contributed by atoms with Gasteiger partial charge >= 0.3 is 106 Å². The Balaban J connectivity index is 3.11. The van der Waals surface area contributed by atoms with E-state index in [0.717, 1.165) is 0 Å². The van der Waals surface area contributed by atoms with E-state index in [2.05, 4.69) is 5.32 Å². The Kier molecular flexibility index (Phi) is 4.98. The van der Waals surface area contributed by atoms with Crippen molar-refractivity contribution in [2.75, 3.05) is 18.5 Å². The van der Waals surface area contributed by atoms with E-state index in [1.54, 1.807) is 0 Å². The summed E-state index contributed by atoms with van der Waals surface area (Å²) in [5.41, 5.74) is 0.165. The first-order valence-corrected chi connectivity index (χ1v) is 8.44. The molecule has 0 unspecified atom stereocenters. The molecule has 0 aromatic heterocycles. The molecule has 0 heterocycles. The molecule has 0 saturated carbocycles. The second kappa shape index (κ2) is 6.06. The van der Waals surface area contributed by atoms with Gasteiger partial charge in [-0.2, -0.15) is 0 Å². The fraction of sp³-hybridized carbons (Fsp3) is 0.300. The summed E-state index contributed by atoms with van der Waals surface area (Å²) in [5.74, 6) is -0.147. The van der Waals surface area contributed by atoms with Crippen molar-refractivity contribution in [3.8, 4) is 5.75 Å². The topological polar surface area (TPSA) is 116 Å². The Bertz CT molecular complexity index is 483. The second-order valence-electron chi connectivity index (χ2n) is 3.48. The first kappa shape index (κ1) is 14.8. The molecule has 0 aliphatic heterocycles. The van der Waals surface area contributed by atoms with E-state index < -0.39 is 14.2 Å². The van der Waals surface area contributed by atoms with E-state index in [1.807, 2.05) is 0 Å². The van der Waals surface area contributed by atoms with Crippen molar-refractivity contribution in [1.29, 1.82) is 0 Å². The third-order valence-corrected chi connectivity index (χ3v) is 3.95. The molecular weight excluding hydrogens is 305 g/mol. The molecule has 0 fully saturated rings. The van der Waals surface area contributed by atoms with E-state index >= 15 is 0 Å². The number of aliphatic hydroxyl groups excluding tert-OH is 1. The predicted molar refractivity (Wildman–Crippen MR) is 63.8 cm³/mol. The molecule has 100 valence electrons. The van der Waals surface area contributed by atoms with Crippen LogP contribution in [0.2, 0.25) is 0 Å². The van der Waals surface area contributed by atoms with Crippen LogP contribution in [0.4, 0.5) is 5.69 Å². The summed E-state index contributed by atoms with van der Waals surface area (Å²) in [6.07, 6.45) is 0. The van der Waals surface area contributed by atoms with Gasteiger partial charge < -0.3 is 0 Å². The number of hydrogen-bond donors (Lipinski definition) is 4. The molecule has 4 N–H and O–H groups in total. The molecule has 0 radical (unpaired) electrons. The molecule has 1 aromatic rings. The van der Waals surface area contributed by atoms with Gasteiger partial charge in [-0.05, 0) is 0 Å². The van der Waals surface area contributed by atoms with Gasteiger partial charge in [-0.15, -0.1) is 0 Å². The van der Waals surface area contributed by atoms with Gasteiger partial charge in [0.1, 0.15) is 0 Å². The minimum atomic E-state index is -5.02. The molecule has 0 bridgehead atoms. The maximum absolute atomic E-state index is 11.2. The van der Waals surface area contributed by atoms with Crippen LogP contribution in [-0.4, -0.2) is 46.6 Å². The van der Waals surface area contributed by atoms with Crippen LogP contribution in [-0.2, 0) is 8.53 Å². The molecule has 0 saturated heterocycles. The number of rotatable bonds is 5. The molecule has 1 aromatic carbocycles. The number of aliphatic hydroxyl groups is 1. The third kappa shape index (κ3) is 4.19. The molecule has 0 atom stereocenters. The van der Waals surface area contributed by atoms with Gasteiger partial charge in [-0.25, -0.2) is 0 Å². The zero-order chi connectivity index (χ0) is 13.8. The van der Waals surface area contributed by atoms with E-state index in [0.29, 0.717) is 0 Å². The van der Waals surface area contributed by atoms with Gasteiger partial charge in [0.2, 0.25) is 0 Å². The van der Waals surface area contributed by atoms with Crippen LogP contribution in [0.5, 0.6) is 5.75 Å². The maximum atomic E-state index is 11.2. The molecular formula is C10H14AsNO6. The van der Waals surface area contributed by atoms with Crippen molar-refractivity contribution in [3.05, 3.63) is 18.2 Å².